The average molecular weight is 316 g/mol. The van der Waals surface area contributed by atoms with E-state index in [1.165, 1.54) is 18.9 Å². The molecule has 122 valence electrons. The van der Waals surface area contributed by atoms with Gasteiger partial charge < -0.3 is 10.0 Å². The highest BCUT2D eigenvalue weighted by molar-refractivity contribution is 6.07. The number of fused-ring (bicyclic) bond motifs is 1. The topological polar surface area (TPSA) is 88.3 Å². The predicted molar refractivity (Wildman–Crippen MR) is 84.4 cm³/mol. The molecule has 7 heteroatoms. The van der Waals surface area contributed by atoms with Gasteiger partial charge >= 0.3 is 5.97 Å². The number of rotatable bonds is 4. The van der Waals surface area contributed by atoms with E-state index in [-0.39, 0.29) is 5.91 Å². The highest BCUT2D eigenvalue weighted by Gasteiger charge is 2.30. The summed E-state index contributed by atoms with van der Waals surface area (Å²) in [5.41, 5.74) is 2.77. The summed E-state index contributed by atoms with van der Waals surface area (Å²) in [6.45, 7) is 3.33. The number of aliphatic carboxylic acids is 1. The van der Waals surface area contributed by atoms with Crippen molar-refractivity contribution in [2.75, 3.05) is 7.05 Å². The SMILES string of the molecule is Cc1nn(C)c2nc(C3CC3)cc(C(=O)N(C)C(C)C(=O)O)c12. The minimum absolute atomic E-state index is 0.315. The molecular weight excluding hydrogens is 296 g/mol. The molecule has 0 aromatic carbocycles. The van der Waals surface area contributed by atoms with Crippen molar-refractivity contribution >= 4 is 22.9 Å². The smallest absolute Gasteiger partial charge is 0.326 e. The summed E-state index contributed by atoms with van der Waals surface area (Å²) in [6, 6.07) is 0.911. The van der Waals surface area contributed by atoms with E-state index in [1.54, 1.807) is 11.7 Å². The zero-order valence-electron chi connectivity index (χ0n) is 13.7. The van der Waals surface area contributed by atoms with Crippen molar-refractivity contribution in [1.82, 2.24) is 19.7 Å². The molecular formula is C16H20N4O3. The minimum Gasteiger partial charge on any atom is -0.480 e. The van der Waals surface area contributed by atoms with Crippen LogP contribution < -0.4 is 0 Å². The molecule has 2 heterocycles. The van der Waals surface area contributed by atoms with Crippen LogP contribution in [0.5, 0.6) is 0 Å². The van der Waals surface area contributed by atoms with E-state index >= 15 is 0 Å². The number of hydrogen-bond donors (Lipinski definition) is 1. The summed E-state index contributed by atoms with van der Waals surface area (Å²) in [4.78, 5) is 29.9. The normalized spacial score (nSPS) is 15.7. The van der Waals surface area contributed by atoms with Gasteiger partial charge in [-0.1, -0.05) is 0 Å². The van der Waals surface area contributed by atoms with E-state index in [0.717, 1.165) is 24.2 Å². The first-order chi connectivity index (χ1) is 10.8. The number of nitrogens with zero attached hydrogens (tertiary/aromatic N) is 4. The highest BCUT2D eigenvalue weighted by Crippen LogP contribution is 2.40. The van der Waals surface area contributed by atoms with E-state index in [2.05, 4.69) is 10.1 Å². The molecule has 3 rings (SSSR count). The van der Waals surface area contributed by atoms with Gasteiger partial charge in [-0.3, -0.25) is 9.48 Å². The van der Waals surface area contributed by atoms with Gasteiger partial charge in [0, 0.05) is 25.7 Å². The van der Waals surface area contributed by atoms with Crippen molar-refractivity contribution in [3.63, 3.8) is 0 Å². The van der Waals surface area contributed by atoms with Gasteiger partial charge in [0.15, 0.2) is 5.65 Å². The molecule has 0 radical (unpaired) electrons. The fraction of sp³-hybridized carbons (Fsp3) is 0.500. The van der Waals surface area contributed by atoms with Crippen LogP contribution in [0, 0.1) is 6.92 Å². The number of pyridine rings is 1. The highest BCUT2D eigenvalue weighted by atomic mass is 16.4. The number of likely N-dealkylation sites (N-methyl/N-ethyl adjacent to an activating group) is 1. The summed E-state index contributed by atoms with van der Waals surface area (Å²) in [5.74, 6) is -0.954. The third kappa shape index (κ3) is 2.56. The third-order valence-electron chi connectivity index (χ3n) is 4.47. The summed E-state index contributed by atoms with van der Waals surface area (Å²) in [6.07, 6.45) is 2.15. The van der Waals surface area contributed by atoms with Crippen LogP contribution in [-0.4, -0.2) is 49.7 Å². The largest absolute Gasteiger partial charge is 0.480 e. The fourth-order valence-corrected chi connectivity index (χ4v) is 2.75. The molecule has 0 saturated heterocycles. The molecule has 2 aromatic heterocycles. The van der Waals surface area contributed by atoms with Crippen LogP contribution in [0.2, 0.25) is 0 Å². The van der Waals surface area contributed by atoms with Crippen LogP contribution in [0.3, 0.4) is 0 Å². The molecule has 1 fully saturated rings. The first-order valence-corrected chi connectivity index (χ1v) is 7.65. The Labute approximate surface area is 133 Å². The number of carboxylic acid groups (broad SMARTS) is 1. The zero-order chi connectivity index (χ0) is 16.9. The predicted octanol–water partition coefficient (Wildman–Crippen LogP) is 1.70. The second-order valence-electron chi connectivity index (χ2n) is 6.21. The molecule has 0 bridgehead atoms. The van der Waals surface area contributed by atoms with Crippen LogP contribution in [0.15, 0.2) is 6.07 Å². The lowest BCUT2D eigenvalue weighted by Crippen LogP contribution is -2.40. The van der Waals surface area contributed by atoms with E-state index in [9.17, 15) is 9.59 Å². The second-order valence-corrected chi connectivity index (χ2v) is 6.21. The Balaban J connectivity index is 2.15. The maximum absolute atomic E-state index is 12.9. The van der Waals surface area contributed by atoms with E-state index in [1.807, 2.05) is 13.0 Å². The lowest BCUT2D eigenvalue weighted by atomic mass is 10.1. The molecule has 7 nitrogen and oxygen atoms in total. The molecule has 1 unspecified atom stereocenters. The molecule has 1 saturated carbocycles. The molecule has 0 aliphatic heterocycles. The van der Waals surface area contributed by atoms with E-state index < -0.39 is 12.0 Å². The molecule has 1 atom stereocenters. The maximum atomic E-state index is 12.9. The van der Waals surface area contributed by atoms with Crippen molar-refractivity contribution in [3.05, 3.63) is 23.0 Å². The number of carboxylic acids is 1. The van der Waals surface area contributed by atoms with Crippen LogP contribution in [-0.2, 0) is 11.8 Å². The number of amides is 1. The van der Waals surface area contributed by atoms with Crippen LogP contribution >= 0.6 is 0 Å². The zero-order valence-corrected chi connectivity index (χ0v) is 13.7. The summed E-state index contributed by atoms with van der Waals surface area (Å²) in [7, 11) is 3.31. The summed E-state index contributed by atoms with van der Waals surface area (Å²) >= 11 is 0. The molecule has 2 aromatic rings. The molecule has 1 aliphatic rings. The monoisotopic (exact) mass is 316 g/mol. The summed E-state index contributed by atoms with van der Waals surface area (Å²) in [5, 5.41) is 14.2. The van der Waals surface area contributed by atoms with Gasteiger partial charge in [-0.05, 0) is 32.8 Å². The van der Waals surface area contributed by atoms with Gasteiger partial charge in [-0.15, -0.1) is 0 Å². The quantitative estimate of drug-likeness (QED) is 0.927. The Morgan fingerprint density at radius 3 is 2.65 bits per heavy atom. The van der Waals surface area contributed by atoms with Crippen molar-refractivity contribution in [2.24, 2.45) is 7.05 Å². The molecule has 0 spiro atoms. The van der Waals surface area contributed by atoms with Crippen LogP contribution in [0.1, 0.15) is 47.4 Å². The number of aryl methyl sites for hydroxylation is 2. The van der Waals surface area contributed by atoms with Crippen molar-refractivity contribution < 1.29 is 14.7 Å². The molecule has 1 amide bonds. The lowest BCUT2D eigenvalue weighted by molar-refractivity contribution is -0.141. The van der Waals surface area contributed by atoms with Crippen molar-refractivity contribution in [2.45, 2.75) is 38.6 Å². The Hall–Kier alpha value is -2.44. The van der Waals surface area contributed by atoms with E-state index in [4.69, 9.17) is 5.11 Å². The van der Waals surface area contributed by atoms with Gasteiger partial charge in [0.2, 0.25) is 0 Å². The molecule has 1 aliphatic carbocycles. The maximum Gasteiger partial charge on any atom is 0.326 e. The lowest BCUT2D eigenvalue weighted by Gasteiger charge is -2.22. The Kier molecular flexibility index (Phi) is 3.58. The number of carbonyl (C=O) groups excluding carboxylic acids is 1. The standard InChI is InChI=1S/C16H20N4O3/c1-8-13-11(15(21)19(3)9(2)16(22)23)7-12(10-5-6-10)17-14(13)20(4)18-8/h7,9-10H,5-6H2,1-4H3,(H,22,23). The molecule has 1 N–H and O–H groups in total. The molecule has 23 heavy (non-hydrogen) atoms. The fourth-order valence-electron chi connectivity index (χ4n) is 2.75. The van der Waals surface area contributed by atoms with Crippen molar-refractivity contribution in [3.8, 4) is 0 Å². The third-order valence-corrected chi connectivity index (χ3v) is 4.47. The van der Waals surface area contributed by atoms with Crippen molar-refractivity contribution in [1.29, 1.82) is 0 Å². The first-order valence-electron chi connectivity index (χ1n) is 7.65. The summed E-state index contributed by atoms with van der Waals surface area (Å²) < 4.78 is 1.67. The Bertz CT molecular complexity index is 807. The first kappa shape index (κ1) is 15.5. The van der Waals surface area contributed by atoms with Gasteiger partial charge in [0.1, 0.15) is 6.04 Å². The van der Waals surface area contributed by atoms with Gasteiger partial charge in [-0.2, -0.15) is 5.10 Å². The van der Waals surface area contributed by atoms with Gasteiger partial charge in [0.25, 0.3) is 5.91 Å². The Morgan fingerprint density at radius 2 is 2.09 bits per heavy atom. The van der Waals surface area contributed by atoms with Gasteiger partial charge in [-0.25, -0.2) is 9.78 Å². The number of aromatic nitrogens is 3. The van der Waals surface area contributed by atoms with Gasteiger partial charge in [0.05, 0.1) is 16.6 Å². The van der Waals surface area contributed by atoms with Crippen LogP contribution in [0.4, 0.5) is 0 Å². The van der Waals surface area contributed by atoms with Crippen LogP contribution in [0.25, 0.3) is 11.0 Å². The minimum atomic E-state index is -1.03. The number of carbonyl (C=O) groups is 2. The van der Waals surface area contributed by atoms with E-state index in [0.29, 0.717) is 22.5 Å². The average Bonchev–Trinajstić information content (AvgIpc) is 3.31. The Morgan fingerprint density at radius 1 is 1.43 bits per heavy atom. The number of hydrogen-bond acceptors (Lipinski definition) is 4. The second kappa shape index (κ2) is 5.33.